The van der Waals surface area contributed by atoms with E-state index in [4.69, 9.17) is 4.74 Å². The Morgan fingerprint density at radius 1 is 1.17 bits per heavy atom. The third-order valence-electron chi connectivity index (χ3n) is 4.44. The van der Waals surface area contributed by atoms with Crippen LogP contribution in [0.2, 0.25) is 0 Å². The maximum atomic E-state index is 12.9. The highest BCUT2D eigenvalue weighted by atomic mass is 16.5. The van der Waals surface area contributed by atoms with E-state index in [2.05, 4.69) is 0 Å². The first kappa shape index (κ1) is 13.8. The molecule has 2 aliphatic heterocycles. The molecule has 4 rings (SSSR count). The fourth-order valence-electron chi connectivity index (χ4n) is 3.29. The summed E-state index contributed by atoms with van der Waals surface area (Å²) in [6, 6.07) is 6.56. The second kappa shape index (κ2) is 4.60. The van der Waals surface area contributed by atoms with Crippen molar-refractivity contribution in [3.8, 4) is 0 Å². The molecule has 0 aromatic heterocycles. The van der Waals surface area contributed by atoms with Gasteiger partial charge in [0.05, 0.1) is 5.57 Å². The topological polar surface area (TPSA) is 63.7 Å². The molecule has 1 unspecified atom stereocenters. The van der Waals surface area contributed by atoms with Crippen LogP contribution in [0, 0.1) is 0 Å². The molecule has 5 heteroatoms. The van der Waals surface area contributed by atoms with Gasteiger partial charge in [-0.05, 0) is 18.6 Å². The third kappa shape index (κ3) is 1.62. The fourth-order valence-corrected chi connectivity index (χ4v) is 3.29. The Bertz CT molecular complexity index is 811. The second-order valence-corrected chi connectivity index (χ2v) is 5.76. The zero-order valence-electron chi connectivity index (χ0n) is 12.4. The van der Waals surface area contributed by atoms with Gasteiger partial charge in [0.25, 0.3) is 0 Å². The van der Waals surface area contributed by atoms with Crippen molar-refractivity contribution in [1.82, 2.24) is 4.90 Å². The highest BCUT2D eigenvalue weighted by Crippen LogP contribution is 2.42. The van der Waals surface area contributed by atoms with E-state index in [1.807, 2.05) is 19.1 Å². The van der Waals surface area contributed by atoms with Crippen LogP contribution in [0.3, 0.4) is 0 Å². The Morgan fingerprint density at radius 3 is 2.43 bits per heavy atom. The normalized spacial score (nSPS) is 24.2. The molecule has 0 amide bonds. The van der Waals surface area contributed by atoms with Crippen LogP contribution in [0.15, 0.2) is 60.0 Å². The molecule has 1 aliphatic carbocycles. The lowest BCUT2D eigenvalue weighted by Crippen LogP contribution is -2.55. The molecule has 5 nitrogen and oxygen atoms in total. The van der Waals surface area contributed by atoms with Crippen molar-refractivity contribution >= 4 is 17.9 Å². The Kier molecular flexibility index (Phi) is 2.77. The minimum Gasteiger partial charge on any atom is -0.326 e. The summed E-state index contributed by atoms with van der Waals surface area (Å²) in [5, 5.41) is 0. The van der Waals surface area contributed by atoms with Crippen LogP contribution in [0.25, 0.3) is 0 Å². The van der Waals surface area contributed by atoms with Gasteiger partial charge in [0, 0.05) is 23.5 Å². The van der Waals surface area contributed by atoms with Crippen molar-refractivity contribution in [3.05, 3.63) is 71.1 Å². The number of Topliss-reactive ketones (excluding diaryl/α,β-unsaturated/α-hetero) is 2. The van der Waals surface area contributed by atoms with Crippen LogP contribution in [-0.2, 0) is 9.53 Å². The molecule has 1 atom stereocenters. The Balaban J connectivity index is 1.93. The molecular weight excluding hydrogens is 294 g/mol. The van der Waals surface area contributed by atoms with Gasteiger partial charge >= 0.3 is 0 Å². The van der Waals surface area contributed by atoms with Gasteiger partial charge in [-0.15, -0.1) is 0 Å². The lowest BCUT2D eigenvalue weighted by Gasteiger charge is -2.42. The summed E-state index contributed by atoms with van der Waals surface area (Å²) < 4.78 is 5.97. The van der Waals surface area contributed by atoms with Gasteiger partial charge in [-0.25, -0.2) is 0 Å². The lowest BCUT2D eigenvalue weighted by molar-refractivity contribution is -0.111. The summed E-state index contributed by atoms with van der Waals surface area (Å²) >= 11 is 0. The molecule has 0 bridgehead atoms. The molecule has 0 radical (unpaired) electrons. The number of carbonyl (C=O) groups is 3. The second-order valence-electron chi connectivity index (χ2n) is 5.76. The van der Waals surface area contributed by atoms with Crippen LogP contribution in [0.4, 0.5) is 0 Å². The zero-order chi connectivity index (χ0) is 16.2. The van der Waals surface area contributed by atoms with Gasteiger partial charge in [-0.2, -0.15) is 0 Å². The number of aldehydes is 1. The molecule has 2 heterocycles. The number of nitrogens with zero attached hydrogens (tertiary/aromatic N) is 1. The van der Waals surface area contributed by atoms with Gasteiger partial charge in [-0.1, -0.05) is 30.3 Å². The maximum Gasteiger partial charge on any atom is 0.225 e. The molecule has 114 valence electrons. The SMILES string of the molecule is CC1=CC=CN2C=C(C=O)C3(OC12)C(=O)c1ccccc1C3=O. The van der Waals surface area contributed by atoms with E-state index in [1.54, 1.807) is 35.4 Å². The summed E-state index contributed by atoms with van der Waals surface area (Å²) in [6.07, 6.45) is 6.89. The van der Waals surface area contributed by atoms with Crippen molar-refractivity contribution in [3.63, 3.8) is 0 Å². The van der Waals surface area contributed by atoms with Crippen molar-refractivity contribution < 1.29 is 19.1 Å². The predicted octanol–water partition coefficient (Wildman–Crippen LogP) is 2.02. The van der Waals surface area contributed by atoms with E-state index in [0.717, 1.165) is 5.57 Å². The molecular formula is C18H13NO4. The maximum absolute atomic E-state index is 12.9. The smallest absolute Gasteiger partial charge is 0.225 e. The van der Waals surface area contributed by atoms with E-state index >= 15 is 0 Å². The summed E-state index contributed by atoms with van der Waals surface area (Å²) in [6.45, 7) is 1.85. The number of rotatable bonds is 1. The molecule has 0 saturated heterocycles. The monoisotopic (exact) mass is 307 g/mol. The van der Waals surface area contributed by atoms with Crippen molar-refractivity contribution in [2.45, 2.75) is 18.8 Å². The number of hydrogen-bond donors (Lipinski definition) is 0. The van der Waals surface area contributed by atoms with Gasteiger partial charge in [0.15, 0.2) is 12.5 Å². The van der Waals surface area contributed by atoms with E-state index in [-0.39, 0.29) is 5.57 Å². The van der Waals surface area contributed by atoms with Crippen LogP contribution in [0.5, 0.6) is 0 Å². The zero-order valence-corrected chi connectivity index (χ0v) is 12.4. The Labute approximate surface area is 132 Å². The third-order valence-corrected chi connectivity index (χ3v) is 4.44. The lowest BCUT2D eigenvalue weighted by atomic mass is 9.87. The number of carbonyl (C=O) groups excluding carboxylic acids is 3. The van der Waals surface area contributed by atoms with Crippen molar-refractivity contribution in [2.75, 3.05) is 0 Å². The molecule has 1 aromatic carbocycles. The summed E-state index contributed by atoms with van der Waals surface area (Å²) in [7, 11) is 0. The van der Waals surface area contributed by atoms with Crippen LogP contribution in [-0.4, -0.2) is 34.6 Å². The highest BCUT2D eigenvalue weighted by molar-refractivity contribution is 6.35. The van der Waals surface area contributed by atoms with E-state index < -0.39 is 23.4 Å². The quantitative estimate of drug-likeness (QED) is 0.587. The minimum absolute atomic E-state index is 0.0271. The van der Waals surface area contributed by atoms with Gasteiger partial charge in [-0.3, -0.25) is 14.4 Å². The molecule has 3 aliphatic rings. The van der Waals surface area contributed by atoms with E-state index in [0.29, 0.717) is 17.4 Å². The molecule has 0 saturated carbocycles. The molecule has 0 N–H and O–H groups in total. The van der Waals surface area contributed by atoms with Crippen LogP contribution in [0.1, 0.15) is 27.6 Å². The number of allylic oxidation sites excluding steroid dienone is 2. The minimum atomic E-state index is -1.87. The fraction of sp³-hybridized carbons (Fsp3) is 0.167. The molecule has 1 aromatic rings. The van der Waals surface area contributed by atoms with Crippen molar-refractivity contribution in [1.29, 1.82) is 0 Å². The average Bonchev–Trinajstić information content (AvgIpc) is 2.79. The largest absolute Gasteiger partial charge is 0.326 e. The standard InChI is InChI=1S/C18H13NO4/c1-11-5-4-8-19-9-12(10-20)18(23-17(11)19)15(21)13-6-2-3-7-14(13)16(18)22/h2-10,17H,1H3. The van der Waals surface area contributed by atoms with Gasteiger partial charge < -0.3 is 9.64 Å². The molecule has 0 fully saturated rings. The summed E-state index contributed by atoms with van der Waals surface area (Å²) in [5.41, 5.74) is -0.394. The Hall–Kier alpha value is -2.79. The summed E-state index contributed by atoms with van der Waals surface area (Å²) in [5.74, 6) is -0.947. The van der Waals surface area contributed by atoms with E-state index in [9.17, 15) is 14.4 Å². The predicted molar refractivity (Wildman–Crippen MR) is 81.6 cm³/mol. The highest BCUT2D eigenvalue weighted by Gasteiger charge is 2.60. The van der Waals surface area contributed by atoms with Crippen molar-refractivity contribution in [2.24, 2.45) is 0 Å². The average molecular weight is 307 g/mol. The molecule has 1 spiro atoms. The molecule has 23 heavy (non-hydrogen) atoms. The number of benzene rings is 1. The number of ketones is 2. The number of hydrogen-bond acceptors (Lipinski definition) is 5. The first-order chi connectivity index (χ1) is 11.1. The van der Waals surface area contributed by atoms with Crippen LogP contribution >= 0.6 is 0 Å². The van der Waals surface area contributed by atoms with Gasteiger partial charge in [0.2, 0.25) is 17.2 Å². The Morgan fingerprint density at radius 2 is 1.83 bits per heavy atom. The number of fused-ring (bicyclic) bond motifs is 2. The summed E-state index contributed by atoms with van der Waals surface area (Å²) in [4.78, 5) is 39.2. The number of ether oxygens (including phenoxy) is 1. The van der Waals surface area contributed by atoms with E-state index in [1.165, 1.54) is 6.20 Å². The first-order valence-electron chi connectivity index (χ1n) is 7.26. The first-order valence-corrected chi connectivity index (χ1v) is 7.26. The van der Waals surface area contributed by atoms with Crippen LogP contribution < -0.4 is 0 Å². The van der Waals surface area contributed by atoms with Gasteiger partial charge in [0.1, 0.15) is 0 Å².